The maximum Gasteiger partial charge on any atom is 0.231 e. The van der Waals surface area contributed by atoms with Gasteiger partial charge in [0.15, 0.2) is 11.5 Å². The van der Waals surface area contributed by atoms with Gasteiger partial charge in [-0.3, -0.25) is 0 Å². The van der Waals surface area contributed by atoms with E-state index >= 15 is 0 Å². The highest BCUT2D eigenvalue weighted by molar-refractivity contribution is 5.44. The van der Waals surface area contributed by atoms with Crippen LogP contribution < -0.4 is 14.8 Å². The molecule has 0 aliphatic carbocycles. The maximum atomic E-state index is 5.37. The van der Waals surface area contributed by atoms with Crippen LogP contribution in [0.3, 0.4) is 0 Å². The van der Waals surface area contributed by atoms with Crippen molar-refractivity contribution in [1.29, 1.82) is 0 Å². The molecule has 3 heteroatoms. The van der Waals surface area contributed by atoms with Gasteiger partial charge < -0.3 is 14.8 Å². The molecule has 18 heavy (non-hydrogen) atoms. The van der Waals surface area contributed by atoms with E-state index < -0.39 is 0 Å². The van der Waals surface area contributed by atoms with Gasteiger partial charge in [-0.2, -0.15) is 0 Å². The zero-order valence-electron chi connectivity index (χ0n) is 11.5. The van der Waals surface area contributed by atoms with Crippen LogP contribution in [0, 0.1) is 5.92 Å². The molecule has 1 heterocycles. The summed E-state index contributed by atoms with van der Waals surface area (Å²) in [5.74, 6) is 2.50. The van der Waals surface area contributed by atoms with E-state index in [2.05, 4.69) is 38.2 Å². The Morgan fingerprint density at radius 2 is 1.89 bits per heavy atom. The van der Waals surface area contributed by atoms with E-state index in [1.54, 1.807) is 0 Å². The number of hydrogen-bond acceptors (Lipinski definition) is 3. The van der Waals surface area contributed by atoms with E-state index in [1.165, 1.54) is 18.4 Å². The first-order valence-corrected chi connectivity index (χ1v) is 6.77. The lowest BCUT2D eigenvalue weighted by Gasteiger charge is -2.15. The van der Waals surface area contributed by atoms with Crippen LogP contribution in [0.15, 0.2) is 18.2 Å². The molecule has 0 radical (unpaired) electrons. The predicted molar refractivity (Wildman–Crippen MR) is 72.9 cm³/mol. The average Bonchev–Trinajstić information content (AvgIpc) is 2.81. The van der Waals surface area contributed by atoms with Gasteiger partial charge in [0.25, 0.3) is 0 Å². The van der Waals surface area contributed by atoms with Crippen molar-refractivity contribution in [1.82, 2.24) is 5.32 Å². The zero-order valence-corrected chi connectivity index (χ0v) is 11.5. The summed E-state index contributed by atoms with van der Waals surface area (Å²) in [6.07, 6.45) is 2.50. The lowest BCUT2D eigenvalue weighted by molar-refractivity contribution is 0.174. The highest BCUT2D eigenvalue weighted by atomic mass is 16.7. The number of fused-ring (bicyclic) bond motifs is 1. The first-order chi connectivity index (χ1) is 8.65. The van der Waals surface area contributed by atoms with Crippen molar-refractivity contribution in [2.45, 2.75) is 46.2 Å². The molecule has 1 aromatic rings. The van der Waals surface area contributed by atoms with E-state index in [1.807, 2.05) is 6.07 Å². The molecule has 0 aromatic heterocycles. The Kier molecular flexibility index (Phi) is 4.48. The van der Waals surface area contributed by atoms with Gasteiger partial charge >= 0.3 is 0 Å². The molecule has 1 aliphatic heterocycles. The first-order valence-electron chi connectivity index (χ1n) is 6.77. The monoisotopic (exact) mass is 249 g/mol. The summed E-state index contributed by atoms with van der Waals surface area (Å²) in [6, 6.07) is 6.69. The topological polar surface area (TPSA) is 30.5 Å². The summed E-state index contributed by atoms with van der Waals surface area (Å²) >= 11 is 0. The minimum atomic E-state index is 0.344. The van der Waals surface area contributed by atoms with Gasteiger partial charge in [-0.15, -0.1) is 0 Å². The molecular formula is C15H23NO2. The summed E-state index contributed by atoms with van der Waals surface area (Å²) in [7, 11) is 0. The predicted octanol–water partition coefficient (Wildman–Crippen LogP) is 3.33. The Balaban J connectivity index is 1.79. The molecule has 1 atom stereocenters. The van der Waals surface area contributed by atoms with Gasteiger partial charge in [-0.25, -0.2) is 0 Å². The van der Waals surface area contributed by atoms with Crippen LogP contribution in [0.2, 0.25) is 0 Å². The molecular weight excluding hydrogens is 226 g/mol. The number of benzene rings is 1. The normalized spacial score (nSPS) is 15.1. The van der Waals surface area contributed by atoms with Gasteiger partial charge in [0.1, 0.15) is 0 Å². The van der Waals surface area contributed by atoms with Crippen molar-refractivity contribution in [3.8, 4) is 11.5 Å². The van der Waals surface area contributed by atoms with E-state index in [4.69, 9.17) is 9.47 Å². The lowest BCUT2D eigenvalue weighted by atomic mass is 10.0. The zero-order chi connectivity index (χ0) is 13.0. The second-order valence-corrected chi connectivity index (χ2v) is 5.44. The number of rotatable bonds is 6. The van der Waals surface area contributed by atoms with E-state index in [9.17, 15) is 0 Å². The molecule has 0 fully saturated rings. The van der Waals surface area contributed by atoms with Gasteiger partial charge in [-0.1, -0.05) is 19.9 Å². The highest BCUT2D eigenvalue weighted by Crippen LogP contribution is 2.32. The molecule has 1 aliphatic rings. The highest BCUT2D eigenvalue weighted by Gasteiger charge is 2.13. The van der Waals surface area contributed by atoms with Crippen molar-refractivity contribution in [2.24, 2.45) is 5.92 Å². The summed E-state index contributed by atoms with van der Waals surface area (Å²) in [4.78, 5) is 0. The first kappa shape index (κ1) is 13.2. The van der Waals surface area contributed by atoms with Gasteiger partial charge in [0, 0.05) is 12.6 Å². The smallest absolute Gasteiger partial charge is 0.231 e. The minimum absolute atomic E-state index is 0.344. The molecule has 0 amide bonds. The van der Waals surface area contributed by atoms with Gasteiger partial charge in [0.05, 0.1) is 0 Å². The van der Waals surface area contributed by atoms with Crippen molar-refractivity contribution in [2.75, 3.05) is 6.79 Å². The fourth-order valence-corrected chi connectivity index (χ4v) is 2.03. The second-order valence-electron chi connectivity index (χ2n) is 5.44. The van der Waals surface area contributed by atoms with Gasteiger partial charge in [0.2, 0.25) is 6.79 Å². The molecule has 100 valence electrons. The largest absolute Gasteiger partial charge is 0.454 e. The number of ether oxygens (including phenoxy) is 2. The van der Waals surface area contributed by atoms with E-state index in [-0.39, 0.29) is 0 Å². The molecule has 0 bridgehead atoms. The van der Waals surface area contributed by atoms with Crippen LogP contribution in [0.5, 0.6) is 11.5 Å². The third-order valence-corrected chi connectivity index (χ3v) is 3.27. The van der Waals surface area contributed by atoms with Crippen molar-refractivity contribution in [3.63, 3.8) is 0 Å². The summed E-state index contributed by atoms with van der Waals surface area (Å²) < 4.78 is 10.7. The van der Waals surface area contributed by atoms with Crippen molar-refractivity contribution in [3.05, 3.63) is 23.8 Å². The van der Waals surface area contributed by atoms with E-state index in [0.717, 1.165) is 24.0 Å². The minimum Gasteiger partial charge on any atom is -0.454 e. The number of hydrogen-bond donors (Lipinski definition) is 1. The Hall–Kier alpha value is -1.22. The molecule has 0 saturated carbocycles. The Bertz CT molecular complexity index is 390. The van der Waals surface area contributed by atoms with Crippen LogP contribution in [0.4, 0.5) is 0 Å². The molecule has 1 unspecified atom stereocenters. The average molecular weight is 249 g/mol. The van der Waals surface area contributed by atoms with Gasteiger partial charge in [-0.05, 0) is 43.4 Å². The fraction of sp³-hybridized carbons (Fsp3) is 0.600. The second kappa shape index (κ2) is 6.10. The summed E-state index contributed by atoms with van der Waals surface area (Å²) in [6.45, 7) is 8.01. The van der Waals surface area contributed by atoms with E-state index in [0.29, 0.717) is 12.8 Å². The molecule has 1 aromatic carbocycles. The SMILES string of the molecule is CC(C)CCC(C)NCc1ccc2c(c1)OCO2. The van der Waals surface area contributed by atoms with Crippen LogP contribution in [0.1, 0.15) is 39.2 Å². The third-order valence-electron chi connectivity index (χ3n) is 3.27. The van der Waals surface area contributed by atoms with Crippen LogP contribution >= 0.6 is 0 Å². The van der Waals surface area contributed by atoms with Crippen LogP contribution in [-0.4, -0.2) is 12.8 Å². The molecule has 0 saturated heterocycles. The van der Waals surface area contributed by atoms with Crippen LogP contribution in [0.25, 0.3) is 0 Å². The molecule has 3 nitrogen and oxygen atoms in total. The lowest BCUT2D eigenvalue weighted by Crippen LogP contribution is -2.25. The fourth-order valence-electron chi connectivity index (χ4n) is 2.03. The Morgan fingerprint density at radius 3 is 2.67 bits per heavy atom. The van der Waals surface area contributed by atoms with Crippen molar-refractivity contribution >= 4 is 0 Å². The molecule has 1 N–H and O–H groups in total. The third kappa shape index (κ3) is 3.64. The van der Waals surface area contributed by atoms with Crippen LogP contribution in [-0.2, 0) is 6.54 Å². The molecule has 0 spiro atoms. The molecule has 2 rings (SSSR count). The summed E-state index contributed by atoms with van der Waals surface area (Å²) in [5.41, 5.74) is 1.25. The number of nitrogens with one attached hydrogen (secondary N) is 1. The maximum absolute atomic E-state index is 5.37. The standard InChI is InChI=1S/C15H23NO2/c1-11(2)4-5-12(3)16-9-13-6-7-14-15(8-13)18-10-17-14/h6-8,11-12,16H,4-5,9-10H2,1-3H3. The summed E-state index contributed by atoms with van der Waals surface area (Å²) in [5, 5.41) is 3.55. The van der Waals surface area contributed by atoms with Crippen molar-refractivity contribution < 1.29 is 9.47 Å². The Morgan fingerprint density at radius 1 is 1.11 bits per heavy atom. The Labute approximate surface area is 109 Å². The quantitative estimate of drug-likeness (QED) is 0.839.